The summed E-state index contributed by atoms with van der Waals surface area (Å²) < 4.78 is 5.79. The van der Waals surface area contributed by atoms with Gasteiger partial charge < -0.3 is 9.64 Å². The fourth-order valence-electron chi connectivity index (χ4n) is 2.93. The van der Waals surface area contributed by atoms with Crippen LogP contribution in [0.25, 0.3) is 0 Å². The van der Waals surface area contributed by atoms with Crippen molar-refractivity contribution in [3.8, 4) is 0 Å². The second-order valence-corrected chi connectivity index (χ2v) is 6.52. The van der Waals surface area contributed by atoms with Gasteiger partial charge in [0.05, 0.1) is 19.3 Å². The minimum absolute atomic E-state index is 0.226. The third-order valence-electron chi connectivity index (χ3n) is 4.20. The van der Waals surface area contributed by atoms with E-state index in [1.165, 1.54) is 12.8 Å². The van der Waals surface area contributed by atoms with Crippen molar-refractivity contribution in [1.29, 1.82) is 0 Å². The molecule has 0 radical (unpaired) electrons. The van der Waals surface area contributed by atoms with Crippen LogP contribution in [0.4, 0.5) is 0 Å². The SMILES string of the molecule is CC(C)CCCC1CN(C(=O)CCN2CCCO2)CCO1. The molecule has 2 aliphatic rings. The number of ether oxygens (including phenoxy) is 1. The van der Waals surface area contributed by atoms with Gasteiger partial charge in [0, 0.05) is 32.6 Å². The second kappa shape index (κ2) is 8.71. The van der Waals surface area contributed by atoms with Crippen LogP contribution in [0.15, 0.2) is 0 Å². The summed E-state index contributed by atoms with van der Waals surface area (Å²) in [5.74, 6) is 0.981. The van der Waals surface area contributed by atoms with Crippen LogP contribution in [0.3, 0.4) is 0 Å². The number of morpholine rings is 1. The molecule has 5 nitrogen and oxygen atoms in total. The quantitative estimate of drug-likeness (QED) is 0.721. The van der Waals surface area contributed by atoms with Gasteiger partial charge in [-0.3, -0.25) is 9.63 Å². The van der Waals surface area contributed by atoms with Gasteiger partial charge in [-0.15, -0.1) is 0 Å². The van der Waals surface area contributed by atoms with E-state index < -0.39 is 0 Å². The minimum atomic E-state index is 0.226. The third-order valence-corrected chi connectivity index (χ3v) is 4.20. The molecule has 0 N–H and O–H groups in total. The maximum atomic E-state index is 12.3. The van der Waals surface area contributed by atoms with Crippen molar-refractivity contribution in [2.24, 2.45) is 5.92 Å². The highest BCUT2D eigenvalue weighted by molar-refractivity contribution is 5.76. The summed E-state index contributed by atoms with van der Waals surface area (Å²) in [6.07, 6.45) is 5.34. The molecular formula is C16H30N2O3. The largest absolute Gasteiger partial charge is 0.375 e. The first kappa shape index (κ1) is 16.7. The average Bonchev–Trinajstić information content (AvgIpc) is 2.98. The van der Waals surface area contributed by atoms with Crippen LogP contribution in [-0.4, -0.2) is 61.4 Å². The molecule has 0 spiro atoms. The Labute approximate surface area is 128 Å². The molecule has 0 aromatic rings. The lowest BCUT2D eigenvalue weighted by Crippen LogP contribution is -2.46. The van der Waals surface area contributed by atoms with Crippen LogP contribution in [0, 0.1) is 5.92 Å². The lowest BCUT2D eigenvalue weighted by Gasteiger charge is -2.33. The molecule has 1 atom stereocenters. The summed E-state index contributed by atoms with van der Waals surface area (Å²) in [5.41, 5.74) is 0. The molecule has 2 fully saturated rings. The van der Waals surface area contributed by atoms with Crippen LogP contribution in [0.2, 0.25) is 0 Å². The molecule has 21 heavy (non-hydrogen) atoms. The van der Waals surface area contributed by atoms with Gasteiger partial charge in [0.15, 0.2) is 0 Å². The van der Waals surface area contributed by atoms with Gasteiger partial charge in [0.25, 0.3) is 0 Å². The number of rotatable bonds is 7. The zero-order valence-electron chi connectivity index (χ0n) is 13.6. The molecule has 0 aliphatic carbocycles. The van der Waals surface area contributed by atoms with Gasteiger partial charge in [-0.05, 0) is 18.8 Å². The lowest BCUT2D eigenvalue weighted by molar-refractivity contribution is -0.145. The second-order valence-electron chi connectivity index (χ2n) is 6.52. The van der Waals surface area contributed by atoms with Gasteiger partial charge in [0.1, 0.15) is 0 Å². The van der Waals surface area contributed by atoms with Crippen molar-refractivity contribution in [3.05, 3.63) is 0 Å². The molecule has 0 bridgehead atoms. The van der Waals surface area contributed by atoms with Crippen molar-refractivity contribution in [2.45, 2.75) is 52.1 Å². The Morgan fingerprint density at radius 3 is 2.86 bits per heavy atom. The first-order valence-corrected chi connectivity index (χ1v) is 8.42. The smallest absolute Gasteiger partial charge is 0.224 e. The standard InChI is InChI=1S/C16H30N2O3/c1-14(2)5-3-6-15-13-17(10-12-20-15)16(19)7-9-18-8-4-11-21-18/h14-15H,3-13H2,1-2H3. The van der Waals surface area contributed by atoms with Gasteiger partial charge >= 0.3 is 0 Å². The molecule has 0 aromatic carbocycles. The normalized spacial score (nSPS) is 24.0. The molecule has 2 heterocycles. The molecule has 2 aliphatic heterocycles. The van der Waals surface area contributed by atoms with E-state index >= 15 is 0 Å². The maximum absolute atomic E-state index is 12.3. The van der Waals surface area contributed by atoms with Crippen molar-refractivity contribution < 1.29 is 14.4 Å². The fraction of sp³-hybridized carbons (Fsp3) is 0.938. The summed E-state index contributed by atoms with van der Waals surface area (Å²) in [5, 5.41) is 1.92. The van der Waals surface area contributed by atoms with Crippen molar-refractivity contribution in [1.82, 2.24) is 9.96 Å². The van der Waals surface area contributed by atoms with Gasteiger partial charge in [-0.2, -0.15) is 5.06 Å². The first-order valence-electron chi connectivity index (χ1n) is 8.42. The number of hydrogen-bond acceptors (Lipinski definition) is 4. The number of carbonyl (C=O) groups excluding carboxylic acids is 1. The van der Waals surface area contributed by atoms with Crippen LogP contribution >= 0.6 is 0 Å². The van der Waals surface area contributed by atoms with Crippen molar-refractivity contribution in [3.63, 3.8) is 0 Å². The van der Waals surface area contributed by atoms with E-state index in [2.05, 4.69) is 13.8 Å². The summed E-state index contributed by atoms with van der Waals surface area (Å²) in [7, 11) is 0. The van der Waals surface area contributed by atoms with Gasteiger partial charge in [0.2, 0.25) is 5.91 Å². The summed E-state index contributed by atoms with van der Waals surface area (Å²) >= 11 is 0. The molecule has 0 saturated carbocycles. The Hall–Kier alpha value is -0.650. The van der Waals surface area contributed by atoms with Crippen LogP contribution in [-0.2, 0) is 14.4 Å². The number of amides is 1. The van der Waals surface area contributed by atoms with E-state index in [0.717, 1.165) is 45.0 Å². The van der Waals surface area contributed by atoms with Crippen LogP contribution in [0.1, 0.15) is 46.0 Å². The Bertz CT molecular complexity index is 317. The average molecular weight is 298 g/mol. The Kier molecular flexibility index (Phi) is 6.93. The van der Waals surface area contributed by atoms with Crippen molar-refractivity contribution in [2.75, 3.05) is 39.4 Å². The highest BCUT2D eigenvalue weighted by Gasteiger charge is 2.24. The highest BCUT2D eigenvalue weighted by atomic mass is 16.7. The number of hydrogen-bond donors (Lipinski definition) is 0. The van der Waals surface area contributed by atoms with Crippen LogP contribution < -0.4 is 0 Å². The zero-order chi connectivity index (χ0) is 15.1. The van der Waals surface area contributed by atoms with E-state index in [-0.39, 0.29) is 12.0 Å². The van der Waals surface area contributed by atoms with E-state index in [0.29, 0.717) is 19.6 Å². The molecule has 1 amide bonds. The van der Waals surface area contributed by atoms with Gasteiger partial charge in [-0.1, -0.05) is 26.7 Å². The van der Waals surface area contributed by atoms with E-state index in [1.807, 2.05) is 9.96 Å². The summed E-state index contributed by atoms with van der Waals surface area (Å²) in [6, 6.07) is 0. The Morgan fingerprint density at radius 2 is 2.14 bits per heavy atom. The molecule has 122 valence electrons. The Morgan fingerprint density at radius 1 is 1.29 bits per heavy atom. The summed E-state index contributed by atoms with van der Waals surface area (Å²) in [4.78, 5) is 19.7. The fourth-order valence-corrected chi connectivity index (χ4v) is 2.93. The van der Waals surface area contributed by atoms with E-state index in [1.54, 1.807) is 0 Å². The molecule has 5 heteroatoms. The van der Waals surface area contributed by atoms with Gasteiger partial charge in [-0.25, -0.2) is 0 Å². The molecule has 1 unspecified atom stereocenters. The highest BCUT2D eigenvalue weighted by Crippen LogP contribution is 2.15. The number of nitrogens with zero attached hydrogens (tertiary/aromatic N) is 2. The molecule has 2 rings (SSSR count). The third kappa shape index (κ3) is 5.93. The monoisotopic (exact) mass is 298 g/mol. The molecule has 0 aromatic heterocycles. The predicted molar refractivity (Wildman–Crippen MR) is 81.8 cm³/mol. The topological polar surface area (TPSA) is 42.0 Å². The number of hydroxylamine groups is 2. The lowest BCUT2D eigenvalue weighted by atomic mass is 10.0. The van der Waals surface area contributed by atoms with E-state index in [4.69, 9.17) is 9.57 Å². The number of carbonyl (C=O) groups is 1. The maximum Gasteiger partial charge on any atom is 0.224 e. The summed E-state index contributed by atoms with van der Waals surface area (Å²) in [6.45, 7) is 9.14. The van der Waals surface area contributed by atoms with Crippen LogP contribution in [0.5, 0.6) is 0 Å². The Balaban J connectivity index is 1.65. The van der Waals surface area contributed by atoms with Crippen molar-refractivity contribution >= 4 is 5.91 Å². The predicted octanol–water partition coefficient (Wildman–Crippen LogP) is 2.07. The first-order chi connectivity index (χ1) is 10.1. The zero-order valence-corrected chi connectivity index (χ0v) is 13.6. The van der Waals surface area contributed by atoms with E-state index in [9.17, 15) is 4.79 Å². The molecular weight excluding hydrogens is 268 g/mol. The molecule has 2 saturated heterocycles. The minimum Gasteiger partial charge on any atom is -0.375 e.